The van der Waals surface area contributed by atoms with Gasteiger partial charge in [-0.15, -0.1) is 0 Å². The van der Waals surface area contributed by atoms with E-state index in [1.165, 1.54) is 5.56 Å². The summed E-state index contributed by atoms with van der Waals surface area (Å²) in [6.07, 6.45) is 5.76. The summed E-state index contributed by atoms with van der Waals surface area (Å²) >= 11 is 7.16. The van der Waals surface area contributed by atoms with Gasteiger partial charge in [-0.2, -0.15) is 0 Å². The largest absolute Gasteiger partial charge is 0.307 e. The molecule has 3 rings (SSSR count). The second-order valence-electron chi connectivity index (χ2n) is 4.39. The van der Waals surface area contributed by atoms with Gasteiger partial charge >= 0.3 is 0 Å². The molecular formula is C15H12Br2N2. The van der Waals surface area contributed by atoms with Gasteiger partial charge in [0, 0.05) is 16.9 Å². The summed E-state index contributed by atoms with van der Waals surface area (Å²) in [6, 6.07) is 12.6. The number of aryl methyl sites for hydroxylation is 2. The van der Waals surface area contributed by atoms with Crippen molar-refractivity contribution in [1.29, 1.82) is 0 Å². The average molecular weight is 380 g/mol. The SMILES string of the molecule is Brc1cc(Br)n2ccnc(CCc3ccccc3)c12. The first kappa shape index (κ1) is 12.9. The van der Waals surface area contributed by atoms with Crippen LogP contribution in [0.15, 0.2) is 57.9 Å². The Kier molecular flexibility index (Phi) is 3.71. The van der Waals surface area contributed by atoms with Gasteiger partial charge in [-0.25, -0.2) is 0 Å². The highest BCUT2D eigenvalue weighted by Crippen LogP contribution is 2.28. The lowest BCUT2D eigenvalue weighted by atomic mass is 10.1. The molecule has 0 spiro atoms. The first-order valence-corrected chi connectivity index (χ1v) is 7.68. The van der Waals surface area contributed by atoms with Crippen molar-refractivity contribution in [2.24, 2.45) is 0 Å². The molecule has 0 atom stereocenters. The van der Waals surface area contributed by atoms with Gasteiger partial charge in [-0.3, -0.25) is 4.98 Å². The molecule has 2 nitrogen and oxygen atoms in total. The minimum atomic E-state index is 0.934. The predicted octanol–water partition coefficient (Wildman–Crippen LogP) is 4.64. The molecule has 0 aliphatic heterocycles. The Balaban J connectivity index is 1.93. The van der Waals surface area contributed by atoms with Gasteiger partial charge in [0.15, 0.2) is 0 Å². The summed E-state index contributed by atoms with van der Waals surface area (Å²) in [5, 5.41) is 0. The number of nitrogens with zero attached hydrogens (tertiary/aromatic N) is 2. The summed E-state index contributed by atoms with van der Waals surface area (Å²) in [5.74, 6) is 0. The first-order valence-electron chi connectivity index (χ1n) is 6.09. The van der Waals surface area contributed by atoms with Crippen LogP contribution in [0, 0.1) is 0 Å². The molecule has 0 saturated carbocycles. The van der Waals surface area contributed by atoms with Crippen LogP contribution in [0.25, 0.3) is 5.52 Å². The van der Waals surface area contributed by atoms with Crippen LogP contribution in [0.2, 0.25) is 0 Å². The lowest BCUT2D eigenvalue weighted by Gasteiger charge is -2.05. The van der Waals surface area contributed by atoms with Crippen LogP contribution in [0.4, 0.5) is 0 Å². The van der Waals surface area contributed by atoms with E-state index in [4.69, 9.17) is 0 Å². The maximum atomic E-state index is 4.52. The maximum Gasteiger partial charge on any atom is 0.0905 e. The van der Waals surface area contributed by atoms with E-state index >= 15 is 0 Å². The third kappa shape index (κ3) is 2.60. The molecule has 1 aromatic carbocycles. The van der Waals surface area contributed by atoms with E-state index in [2.05, 4.69) is 71.6 Å². The van der Waals surface area contributed by atoms with Crippen molar-refractivity contribution >= 4 is 37.4 Å². The highest BCUT2D eigenvalue weighted by molar-refractivity contribution is 9.11. The first-order chi connectivity index (χ1) is 9.25. The number of halogens is 2. The third-order valence-corrected chi connectivity index (χ3v) is 4.37. The Hall–Kier alpha value is -1.13. The molecule has 0 aliphatic carbocycles. The fourth-order valence-electron chi connectivity index (χ4n) is 2.23. The Morgan fingerprint density at radius 1 is 1.05 bits per heavy atom. The molecule has 0 fully saturated rings. The van der Waals surface area contributed by atoms with Gasteiger partial charge in [-0.1, -0.05) is 30.3 Å². The van der Waals surface area contributed by atoms with Crippen molar-refractivity contribution in [3.63, 3.8) is 0 Å². The van der Waals surface area contributed by atoms with Crippen molar-refractivity contribution in [3.05, 3.63) is 69.1 Å². The molecule has 0 saturated heterocycles. The number of aromatic nitrogens is 2. The fraction of sp³-hybridized carbons (Fsp3) is 0.133. The second kappa shape index (κ2) is 5.47. The summed E-state index contributed by atoms with van der Waals surface area (Å²) in [7, 11) is 0. The van der Waals surface area contributed by atoms with E-state index in [-0.39, 0.29) is 0 Å². The monoisotopic (exact) mass is 378 g/mol. The number of rotatable bonds is 3. The zero-order valence-electron chi connectivity index (χ0n) is 10.2. The normalized spacial score (nSPS) is 11.1. The number of hydrogen-bond acceptors (Lipinski definition) is 1. The number of fused-ring (bicyclic) bond motifs is 1. The summed E-state index contributed by atoms with van der Waals surface area (Å²) < 4.78 is 4.23. The minimum absolute atomic E-state index is 0.934. The zero-order valence-corrected chi connectivity index (χ0v) is 13.4. The van der Waals surface area contributed by atoms with Crippen molar-refractivity contribution in [2.45, 2.75) is 12.8 Å². The van der Waals surface area contributed by atoms with E-state index in [0.717, 1.165) is 33.1 Å². The molecule has 0 radical (unpaired) electrons. The lowest BCUT2D eigenvalue weighted by molar-refractivity contribution is 0.905. The quantitative estimate of drug-likeness (QED) is 0.647. The molecule has 2 aromatic heterocycles. The molecule has 96 valence electrons. The van der Waals surface area contributed by atoms with E-state index in [1.807, 2.05) is 18.5 Å². The van der Waals surface area contributed by atoms with E-state index in [0.29, 0.717) is 0 Å². The van der Waals surface area contributed by atoms with Crippen LogP contribution in [-0.2, 0) is 12.8 Å². The maximum absolute atomic E-state index is 4.52. The molecule has 2 heterocycles. The van der Waals surface area contributed by atoms with Gasteiger partial charge in [-0.05, 0) is 56.3 Å². The topological polar surface area (TPSA) is 17.3 Å². The van der Waals surface area contributed by atoms with Gasteiger partial charge in [0.05, 0.1) is 15.8 Å². The summed E-state index contributed by atoms with van der Waals surface area (Å²) in [5.41, 5.74) is 3.60. The van der Waals surface area contributed by atoms with Gasteiger partial charge < -0.3 is 4.40 Å². The molecule has 0 amide bonds. The molecule has 0 bridgehead atoms. The van der Waals surface area contributed by atoms with Crippen molar-refractivity contribution in [3.8, 4) is 0 Å². The van der Waals surface area contributed by atoms with Crippen LogP contribution in [-0.4, -0.2) is 9.38 Å². The molecule has 4 heteroatoms. The Bertz CT molecular complexity index is 705. The van der Waals surface area contributed by atoms with Gasteiger partial charge in [0.2, 0.25) is 0 Å². The van der Waals surface area contributed by atoms with Crippen LogP contribution in [0.3, 0.4) is 0 Å². The van der Waals surface area contributed by atoms with Crippen LogP contribution in [0.1, 0.15) is 11.3 Å². The smallest absolute Gasteiger partial charge is 0.0905 e. The molecule has 0 N–H and O–H groups in total. The lowest BCUT2D eigenvalue weighted by Crippen LogP contribution is -1.98. The standard InChI is InChI=1S/C15H12Br2N2/c16-12-10-14(17)19-9-8-18-13(15(12)19)7-6-11-4-2-1-3-5-11/h1-5,8-10H,6-7H2. The Labute approximate surface area is 128 Å². The van der Waals surface area contributed by atoms with Crippen LogP contribution >= 0.6 is 31.9 Å². The molecule has 3 aromatic rings. The fourth-order valence-corrected chi connectivity index (χ4v) is 3.70. The zero-order chi connectivity index (χ0) is 13.2. The summed E-state index contributed by atoms with van der Waals surface area (Å²) in [6.45, 7) is 0. The minimum Gasteiger partial charge on any atom is -0.307 e. The number of benzene rings is 1. The van der Waals surface area contributed by atoms with Gasteiger partial charge in [0.1, 0.15) is 0 Å². The average Bonchev–Trinajstić information content (AvgIpc) is 2.74. The Morgan fingerprint density at radius 2 is 1.84 bits per heavy atom. The molecule has 19 heavy (non-hydrogen) atoms. The van der Waals surface area contributed by atoms with E-state index in [1.54, 1.807) is 0 Å². The number of hydrogen-bond donors (Lipinski definition) is 0. The highest BCUT2D eigenvalue weighted by atomic mass is 79.9. The van der Waals surface area contributed by atoms with Gasteiger partial charge in [0.25, 0.3) is 0 Å². The summed E-state index contributed by atoms with van der Waals surface area (Å²) in [4.78, 5) is 4.52. The van der Waals surface area contributed by atoms with Crippen molar-refractivity contribution in [2.75, 3.05) is 0 Å². The third-order valence-electron chi connectivity index (χ3n) is 3.16. The predicted molar refractivity (Wildman–Crippen MR) is 84.4 cm³/mol. The molecular weight excluding hydrogens is 368 g/mol. The Morgan fingerprint density at radius 3 is 2.63 bits per heavy atom. The second-order valence-corrected chi connectivity index (χ2v) is 6.06. The highest BCUT2D eigenvalue weighted by Gasteiger charge is 2.10. The molecule has 0 unspecified atom stereocenters. The van der Waals surface area contributed by atoms with Crippen molar-refractivity contribution in [1.82, 2.24) is 9.38 Å². The molecule has 0 aliphatic rings. The van der Waals surface area contributed by atoms with E-state index in [9.17, 15) is 0 Å². The van der Waals surface area contributed by atoms with E-state index < -0.39 is 0 Å². The van der Waals surface area contributed by atoms with Crippen LogP contribution < -0.4 is 0 Å². The van der Waals surface area contributed by atoms with Crippen molar-refractivity contribution < 1.29 is 0 Å². The van der Waals surface area contributed by atoms with Crippen LogP contribution in [0.5, 0.6) is 0 Å².